The van der Waals surface area contributed by atoms with Crippen molar-refractivity contribution in [3.63, 3.8) is 0 Å². The van der Waals surface area contributed by atoms with Crippen LogP contribution in [0.25, 0.3) is 0 Å². The summed E-state index contributed by atoms with van der Waals surface area (Å²) < 4.78 is 12.8. The van der Waals surface area contributed by atoms with Gasteiger partial charge in [-0.05, 0) is 43.6 Å². The van der Waals surface area contributed by atoms with E-state index >= 15 is 0 Å². The summed E-state index contributed by atoms with van der Waals surface area (Å²) in [7, 11) is 0. The summed E-state index contributed by atoms with van der Waals surface area (Å²) in [5.41, 5.74) is 1.20. The lowest BCUT2D eigenvalue weighted by atomic mass is 10.1. The van der Waals surface area contributed by atoms with E-state index in [1.807, 2.05) is 12.1 Å². The van der Waals surface area contributed by atoms with Gasteiger partial charge in [-0.25, -0.2) is 4.39 Å². The molecule has 0 bridgehead atoms. The van der Waals surface area contributed by atoms with Crippen LogP contribution in [0, 0.1) is 5.82 Å². The van der Waals surface area contributed by atoms with Gasteiger partial charge in [0.05, 0.1) is 0 Å². The fraction of sp³-hybridized carbons (Fsp3) is 0.571. The molecule has 2 nitrogen and oxygen atoms in total. The zero-order valence-electron chi connectivity index (χ0n) is 10.5. The lowest BCUT2D eigenvalue weighted by molar-refractivity contribution is 0.199. The second-order valence-electron chi connectivity index (χ2n) is 4.74. The summed E-state index contributed by atoms with van der Waals surface area (Å²) >= 11 is 0. The van der Waals surface area contributed by atoms with Crippen molar-refractivity contribution in [2.75, 3.05) is 19.6 Å². The van der Waals surface area contributed by atoms with Crippen molar-refractivity contribution in [3.05, 3.63) is 35.6 Å². The number of hydrogen-bond donors (Lipinski definition) is 1. The van der Waals surface area contributed by atoms with Crippen molar-refractivity contribution in [1.29, 1.82) is 0 Å². The molecule has 94 valence electrons. The van der Waals surface area contributed by atoms with Crippen LogP contribution < -0.4 is 5.32 Å². The SMILES string of the molecule is CCCN(Cc1ccc(F)cc1)C1CCNC1. The first-order chi connectivity index (χ1) is 8.29. The molecule has 3 heteroatoms. The van der Waals surface area contributed by atoms with Crippen molar-refractivity contribution in [2.45, 2.75) is 32.4 Å². The summed E-state index contributed by atoms with van der Waals surface area (Å²) in [5.74, 6) is -0.154. The number of nitrogens with one attached hydrogen (secondary N) is 1. The molecule has 1 fully saturated rings. The van der Waals surface area contributed by atoms with Gasteiger partial charge in [-0.2, -0.15) is 0 Å². The van der Waals surface area contributed by atoms with E-state index in [0.29, 0.717) is 6.04 Å². The average molecular weight is 236 g/mol. The predicted molar refractivity (Wildman–Crippen MR) is 68.4 cm³/mol. The lowest BCUT2D eigenvalue weighted by Crippen LogP contribution is -2.36. The highest BCUT2D eigenvalue weighted by Gasteiger charge is 2.21. The summed E-state index contributed by atoms with van der Waals surface area (Å²) in [6.45, 7) is 6.46. The molecule has 1 atom stereocenters. The average Bonchev–Trinajstić information content (AvgIpc) is 2.85. The third-order valence-electron chi connectivity index (χ3n) is 3.36. The van der Waals surface area contributed by atoms with Crippen LogP contribution in [0.3, 0.4) is 0 Å². The quantitative estimate of drug-likeness (QED) is 0.844. The van der Waals surface area contributed by atoms with E-state index in [2.05, 4.69) is 17.1 Å². The smallest absolute Gasteiger partial charge is 0.123 e. The fourth-order valence-corrected chi connectivity index (χ4v) is 2.45. The maximum atomic E-state index is 12.8. The van der Waals surface area contributed by atoms with Gasteiger partial charge in [-0.1, -0.05) is 19.1 Å². The molecule has 1 aromatic carbocycles. The number of benzene rings is 1. The minimum Gasteiger partial charge on any atom is -0.315 e. The first kappa shape index (κ1) is 12.5. The van der Waals surface area contributed by atoms with E-state index in [1.165, 1.54) is 12.0 Å². The fourth-order valence-electron chi connectivity index (χ4n) is 2.45. The van der Waals surface area contributed by atoms with Crippen molar-refractivity contribution >= 4 is 0 Å². The van der Waals surface area contributed by atoms with E-state index in [9.17, 15) is 4.39 Å². The molecule has 0 aliphatic carbocycles. The second-order valence-corrected chi connectivity index (χ2v) is 4.74. The minimum atomic E-state index is -0.154. The highest BCUT2D eigenvalue weighted by atomic mass is 19.1. The van der Waals surface area contributed by atoms with Crippen molar-refractivity contribution in [3.8, 4) is 0 Å². The zero-order valence-corrected chi connectivity index (χ0v) is 10.5. The molecule has 1 N–H and O–H groups in total. The molecule has 1 aliphatic rings. The van der Waals surface area contributed by atoms with Crippen LogP contribution in [0.4, 0.5) is 4.39 Å². The lowest BCUT2D eigenvalue weighted by Gasteiger charge is -2.28. The molecule has 1 aliphatic heterocycles. The maximum Gasteiger partial charge on any atom is 0.123 e. The Hall–Kier alpha value is -0.930. The topological polar surface area (TPSA) is 15.3 Å². The molecular weight excluding hydrogens is 215 g/mol. The highest BCUT2D eigenvalue weighted by molar-refractivity contribution is 5.16. The number of hydrogen-bond acceptors (Lipinski definition) is 2. The van der Waals surface area contributed by atoms with Crippen molar-refractivity contribution < 1.29 is 4.39 Å². The van der Waals surface area contributed by atoms with E-state index in [-0.39, 0.29) is 5.82 Å². The Morgan fingerprint density at radius 1 is 1.35 bits per heavy atom. The number of rotatable bonds is 5. The monoisotopic (exact) mass is 236 g/mol. The van der Waals surface area contributed by atoms with Gasteiger partial charge < -0.3 is 5.32 Å². The van der Waals surface area contributed by atoms with Crippen LogP contribution >= 0.6 is 0 Å². The van der Waals surface area contributed by atoms with Gasteiger partial charge in [-0.3, -0.25) is 4.90 Å². The predicted octanol–water partition coefficient (Wildman–Crippen LogP) is 2.40. The van der Waals surface area contributed by atoms with E-state index in [4.69, 9.17) is 0 Å². The Kier molecular flexibility index (Phi) is 4.51. The first-order valence-corrected chi connectivity index (χ1v) is 6.49. The molecule has 0 aromatic heterocycles. The second kappa shape index (κ2) is 6.12. The van der Waals surface area contributed by atoms with Gasteiger partial charge in [-0.15, -0.1) is 0 Å². The molecule has 0 saturated carbocycles. The molecule has 1 saturated heterocycles. The van der Waals surface area contributed by atoms with E-state index in [1.54, 1.807) is 12.1 Å². The van der Waals surface area contributed by atoms with E-state index in [0.717, 1.165) is 32.6 Å². The Bertz CT molecular complexity index is 331. The summed E-state index contributed by atoms with van der Waals surface area (Å²) in [6, 6.07) is 7.51. The van der Waals surface area contributed by atoms with Gasteiger partial charge in [0.1, 0.15) is 5.82 Å². The summed E-state index contributed by atoms with van der Waals surface area (Å²) in [6.07, 6.45) is 2.39. The Morgan fingerprint density at radius 3 is 2.71 bits per heavy atom. The van der Waals surface area contributed by atoms with Crippen LogP contribution in [-0.4, -0.2) is 30.6 Å². The summed E-state index contributed by atoms with van der Waals surface area (Å²) in [4.78, 5) is 2.51. The largest absolute Gasteiger partial charge is 0.315 e. The van der Waals surface area contributed by atoms with Crippen LogP contribution in [0.15, 0.2) is 24.3 Å². The first-order valence-electron chi connectivity index (χ1n) is 6.49. The highest BCUT2D eigenvalue weighted by Crippen LogP contribution is 2.14. The molecule has 1 unspecified atom stereocenters. The van der Waals surface area contributed by atoms with Gasteiger partial charge >= 0.3 is 0 Å². The minimum absolute atomic E-state index is 0.154. The van der Waals surface area contributed by atoms with Gasteiger partial charge in [0.15, 0.2) is 0 Å². The zero-order chi connectivity index (χ0) is 12.1. The Labute approximate surface area is 103 Å². The summed E-state index contributed by atoms with van der Waals surface area (Å²) in [5, 5.41) is 3.40. The molecule has 0 radical (unpaired) electrons. The molecule has 1 heterocycles. The molecule has 0 amide bonds. The normalized spacial score (nSPS) is 20.1. The number of nitrogens with zero attached hydrogens (tertiary/aromatic N) is 1. The van der Waals surface area contributed by atoms with Crippen LogP contribution in [0.2, 0.25) is 0 Å². The molecule has 2 rings (SSSR count). The Balaban J connectivity index is 1.98. The van der Waals surface area contributed by atoms with Gasteiger partial charge in [0.2, 0.25) is 0 Å². The molecule has 17 heavy (non-hydrogen) atoms. The maximum absolute atomic E-state index is 12.8. The standard InChI is InChI=1S/C14H21FN2/c1-2-9-17(14-7-8-16-10-14)11-12-3-5-13(15)6-4-12/h3-6,14,16H,2,7-11H2,1H3. The van der Waals surface area contributed by atoms with Crippen molar-refractivity contribution in [2.24, 2.45) is 0 Å². The third kappa shape index (κ3) is 3.51. The molecule has 0 spiro atoms. The van der Waals surface area contributed by atoms with Gasteiger partial charge in [0.25, 0.3) is 0 Å². The van der Waals surface area contributed by atoms with Crippen molar-refractivity contribution in [1.82, 2.24) is 10.2 Å². The van der Waals surface area contributed by atoms with Crippen LogP contribution in [0.5, 0.6) is 0 Å². The molecule has 1 aromatic rings. The number of halogens is 1. The third-order valence-corrected chi connectivity index (χ3v) is 3.36. The van der Waals surface area contributed by atoms with E-state index < -0.39 is 0 Å². The van der Waals surface area contributed by atoms with Crippen LogP contribution in [-0.2, 0) is 6.54 Å². The van der Waals surface area contributed by atoms with Gasteiger partial charge in [0, 0.05) is 19.1 Å². The van der Waals surface area contributed by atoms with Crippen LogP contribution in [0.1, 0.15) is 25.3 Å². The Morgan fingerprint density at radius 2 is 2.12 bits per heavy atom. The molecular formula is C14H21FN2.